The van der Waals surface area contributed by atoms with Gasteiger partial charge in [0.15, 0.2) is 0 Å². The Hall–Kier alpha value is -3.26. The van der Waals surface area contributed by atoms with Crippen molar-refractivity contribution in [1.82, 2.24) is 0 Å². The highest BCUT2D eigenvalue weighted by molar-refractivity contribution is 5.87. The molecule has 0 radical (unpaired) electrons. The minimum atomic E-state index is -0.873. The van der Waals surface area contributed by atoms with Crippen molar-refractivity contribution in [3.8, 4) is 17.6 Å². The molecule has 5 nitrogen and oxygen atoms in total. The Labute approximate surface area is 166 Å². The quantitative estimate of drug-likeness (QED) is 0.438. The van der Waals surface area contributed by atoms with Gasteiger partial charge in [0.2, 0.25) is 0 Å². The molecule has 28 heavy (non-hydrogen) atoms. The van der Waals surface area contributed by atoms with E-state index < -0.39 is 5.97 Å². The van der Waals surface area contributed by atoms with E-state index >= 15 is 0 Å². The highest BCUT2D eigenvalue weighted by Crippen LogP contribution is 2.24. The van der Waals surface area contributed by atoms with Crippen molar-refractivity contribution < 1.29 is 14.6 Å². The van der Waals surface area contributed by atoms with Crippen LogP contribution in [-0.4, -0.2) is 23.3 Å². The lowest BCUT2D eigenvalue weighted by atomic mass is 9.96. The molecule has 1 unspecified atom stereocenters. The van der Waals surface area contributed by atoms with Gasteiger partial charge in [0.1, 0.15) is 12.4 Å². The minimum Gasteiger partial charge on any atom is -0.489 e. The van der Waals surface area contributed by atoms with E-state index in [0.29, 0.717) is 12.4 Å². The number of carboxylic acids is 1. The maximum atomic E-state index is 11.0. The minimum absolute atomic E-state index is 0.0284. The number of hydrogen-bond acceptors (Lipinski definition) is 4. The van der Waals surface area contributed by atoms with Gasteiger partial charge in [-0.2, -0.15) is 0 Å². The summed E-state index contributed by atoms with van der Waals surface area (Å²) in [6, 6.07) is 13.5. The number of ether oxygens (including phenoxy) is 1. The van der Waals surface area contributed by atoms with Crippen LogP contribution in [0, 0.1) is 17.3 Å². The van der Waals surface area contributed by atoms with Gasteiger partial charge in [-0.15, -0.1) is 5.92 Å². The first-order chi connectivity index (χ1) is 13.4. The standard InChI is InChI=1S/C23H26N2O3/c1-4-6-18(13-23(26)27)17-9-11-20(12-10-17)28-15-19-7-5-8-22(21(19)14-24)25-16(2)3/h5,7-12,14,16,18,24-25H,13,15H2,1-3H3,(H,26,27). The van der Waals surface area contributed by atoms with Gasteiger partial charge >= 0.3 is 5.97 Å². The molecule has 5 heteroatoms. The van der Waals surface area contributed by atoms with Crippen molar-refractivity contribution in [2.24, 2.45) is 0 Å². The molecule has 0 aliphatic carbocycles. The first-order valence-electron chi connectivity index (χ1n) is 9.20. The monoisotopic (exact) mass is 378 g/mol. The number of benzene rings is 2. The average Bonchev–Trinajstić information content (AvgIpc) is 2.66. The largest absolute Gasteiger partial charge is 0.489 e. The second-order valence-corrected chi connectivity index (χ2v) is 6.72. The van der Waals surface area contributed by atoms with Gasteiger partial charge in [-0.05, 0) is 44.5 Å². The molecule has 0 fully saturated rings. The molecule has 146 valence electrons. The van der Waals surface area contributed by atoms with Gasteiger partial charge in [-0.25, -0.2) is 0 Å². The van der Waals surface area contributed by atoms with E-state index in [-0.39, 0.29) is 18.4 Å². The number of hydrogen-bond donors (Lipinski definition) is 3. The van der Waals surface area contributed by atoms with Crippen molar-refractivity contribution in [3.05, 3.63) is 59.2 Å². The Morgan fingerprint density at radius 2 is 1.96 bits per heavy atom. The van der Waals surface area contributed by atoms with Crippen LogP contribution in [0.3, 0.4) is 0 Å². The third kappa shape index (κ3) is 5.88. The molecule has 2 aromatic carbocycles. The zero-order valence-corrected chi connectivity index (χ0v) is 16.5. The van der Waals surface area contributed by atoms with E-state index in [1.165, 1.54) is 6.21 Å². The lowest BCUT2D eigenvalue weighted by Gasteiger charge is -2.16. The SMILES string of the molecule is CC#CC(CC(=O)O)c1ccc(OCc2cccc(NC(C)C)c2C=N)cc1. The molecule has 3 N–H and O–H groups in total. The second kappa shape index (κ2) is 10.2. The van der Waals surface area contributed by atoms with Crippen LogP contribution < -0.4 is 10.1 Å². The third-order valence-corrected chi connectivity index (χ3v) is 4.16. The Morgan fingerprint density at radius 1 is 1.25 bits per heavy atom. The van der Waals surface area contributed by atoms with Crippen molar-refractivity contribution in [2.45, 2.75) is 45.8 Å². The molecule has 0 spiro atoms. The van der Waals surface area contributed by atoms with Crippen LogP contribution in [0.1, 0.15) is 49.8 Å². The number of aliphatic carboxylic acids is 1. The van der Waals surface area contributed by atoms with Crippen LogP contribution in [-0.2, 0) is 11.4 Å². The number of rotatable bonds is 9. The van der Waals surface area contributed by atoms with Crippen molar-refractivity contribution in [1.29, 1.82) is 5.41 Å². The fourth-order valence-corrected chi connectivity index (χ4v) is 2.90. The number of carboxylic acid groups (broad SMARTS) is 1. The molecule has 0 heterocycles. The van der Waals surface area contributed by atoms with Crippen molar-refractivity contribution in [3.63, 3.8) is 0 Å². The predicted octanol–water partition coefficient (Wildman–Crippen LogP) is 4.67. The predicted molar refractivity (Wildman–Crippen MR) is 112 cm³/mol. The molecule has 2 aromatic rings. The maximum Gasteiger partial charge on any atom is 0.304 e. The summed E-state index contributed by atoms with van der Waals surface area (Å²) >= 11 is 0. The highest BCUT2D eigenvalue weighted by atomic mass is 16.5. The van der Waals surface area contributed by atoms with Crippen LogP contribution in [0.5, 0.6) is 5.75 Å². The molecule has 2 rings (SSSR count). The third-order valence-electron chi connectivity index (χ3n) is 4.16. The number of anilines is 1. The Balaban J connectivity index is 2.12. The lowest BCUT2D eigenvalue weighted by Crippen LogP contribution is -2.13. The zero-order chi connectivity index (χ0) is 20.5. The summed E-state index contributed by atoms with van der Waals surface area (Å²) in [5, 5.41) is 20.1. The molecule has 0 aliphatic rings. The van der Waals surface area contributed by atoms with E-state index in [0.717, 1.165) is 22.4 Å². The fraction of sp³-hybridized carbons (Fsp3) is 0.304. The summed E-state index contributed by atoms with van der Waals surface area (Å²) in [6.07, 6.45) is 1.31. The first-order valence-corrected chi connectivity index (χ1v) is 9.20. The summed E-state index contributed by atoms with van der Waals surface area (Å²) in [7, 11) is 0. The van der Waals surface area contributed by atoms with Crippen LogP contribution in [0.15, 0.2) is 42.5 Å². The topological polar surface area (TPSA) is 82.4 Å². The van der Waals surface area contributed by atoms with E-state index in [1.54, 1.807) is 6.92 Å². The number of carbonyl (C=O) groups is 1. The molecular weight excluding hydrogens is 352 g/mol. The molecule has 0 aliphatic heterocycles. The van der Waals surface area contributed by atoms with Gasteiger partial charge in [0.05, 0.1) is 12.3 Å². The Bertz CT molecular complexity index is 877. The molecule has 0 saturated carbocycles. The van der Waals surface area contributed by atoms with Crippen molar-refractivity contribution >= 4 is 17.9 Å². The lowest BCUT2D eigenvalue weighted by molar-refractivity contribution is -0.137. The summed E-state index contributed by atoms with van der Waals surface area (Å²) < 4.78 is 5.89. The Kier molecular flexibility index (Phi) is 7.65. The smallest absolute Gasteiger partial charge is 0.304 e. The highest BCUT2D eigenvalue weighted by Gasteiger charge is 2.13. The molecular formula is C23H26N2O3. The summed E-state index contributed by atoms with van der Waals surface area (Å²) in [5.74, 6) is 5.21. The van der Waals surface area contributed by atoms with Crippen LogP contribution in [0.4, 0.5) is 5.69 Å². The second-order valence-electron chi connectivity index (χ2n) is 6.72. The van der Waals surface area contributed by atoms with Gasteiger partial charge < -0.3 is 20.6 Å². The van der Waals surface area contributed by atoms with Crippen LogP contribution in [0.25, 0.3) is 0 Å². The molecule has 0 bridgehead atoms. The maximum absolute atomic E-state index is 11.0. The van der Waals surface area contributed by atoms with Crippen molar-refractivity contribution in [2.75, 3.05) is 5.32 Å². The van der Waals surface area contributed by atoms with Crippen LogP contribution in [0.2, 0.25) is 0 Å². The number of nitrogens with one attached hydrogen (secondary N) is 2. The van der Waals surface area contributed by atoms with Gasteiger partial charge in [0, 0.05) is 29.1 Å². The van der Waals surface area contributed by atoms with Crippen LogP contribution >= 0.6 is 0 Å². The van der Waals surface area contributed by atoms with Gasteiger partial charge in [0.25, 0.3) is 0 Å². The first kappa shape index (κ1) is 21.0. The fourth-order valence-electron chi connectivity index (χ4n) is 2.90. The van der Waals surface area contributed by atoms with E-state index in [2.05, 4.69) is 31.0 Å². The summed E-state index contributed by atoms with van der Waals surface area (Å²) in [5.41, 5.74) is 3.50. The summed E-state index contributed by atoms with van der Waals surface area (Å²) in [4.78, 5) is 11.0. The molecule has 0 amide bonds. The molecule has 0 aromatic heterocycles. The van der Waals surface area contributed by atoms with E-state index in [9.17, 15) is 4.79 Å². The Morgan fingerprint density at radius 3 is 2.54 bits per heavy atom. The van der Waals surface area contributed by atoms with E-state index in [4.69, 9.17) is 15.3 Å². The molecule has 1 atom stereocenters. The molecule has 0 saturated heterocycles. The average molecular weight is 378 g/mol. The normalized spacial score (nSPS) is 11.3. The zero-order valence-electron chi connectivity index (χ0n) is 16.5. The van der Waals surface area contributed by atoms with E-state index in [1.807, 2.05) is 42.5 Å². The summed E-state index contributed by atoms with van der Waals surface area (Å²) in [6.45, 7) is 6.15. The van der Waals surface area contributed by atoms with Gasteiger partial charge in [-0.1, -0.05) is 30.2 Å². The van der Waals surface area contributed by atoms with Gasteiger partial charge in [-0.3, -0.25) is 4.79 Å².